The molecule has 4 rings (SSSR count). The molecular weight excluding hydrogens is 238 g/mol. The number of phenolic OH excluding ortho intramolecular Hbond substituents is 1. The lowest BCUT2D eigenvalue weighted by atomic mass is 9.68. The van der Waals surface area contributed by atoms with Crippen LogP contribution in [0.25, 0.3) is 0 Å². The summed E-state index contributed by atoms with van der Waals surface area (Å²) in [5.41, 5.74) is 2.47. The van der Waals surface area contributed by atoms with E-state index in [-0.39, 0.29) is 17.3 Å². The highest BCUT2D eigenvalue weighted by molar-refractivity contribution is 5.60. The smallest absolute Gasteiger partial charge is 0.165 e. The van der Waals surface area contributed by atoms with Crippen molar-refractivity contribution >= 4 is 0 Å². The Balaban J connectivity index is 1.98. The normalized spacial score (nSPS) is 35.2. The molecule has 2 aliphatic heterocycles. The van der Waals surface area contributed by atoms with Crippen molar-refractivity contribution in [3.63, 3.8) is 0 Å². The topological polar surface area (TPSA) is 41.5 Å². The Morgan fingerprint density at radius 3 is 3.21 bits per heavy atom. The van der Waals surface area contributed by atoms with Crippen LogP contribution < -0.4 is 10.1 Å². The third-order valence-corrected chi connectivity index (χ3v) is 4.86. The van der Waals surface area contributed by atoms with Crippen molar-refractivity contribution in [3.8, 4) is 11.5 Å². The average Bonchev–Trinajstić information content (AvgIpc) is 2.61. The molecule has 2 N–H and O–H groups in total. The first-order valence-electron chi connectivity index (χ1n) is 7.13. The highest BCUT2D eigenvalue weighted by Crippen LogP contribution is 2.55. The molecule has 0 saturated heterocycles. The van der Waals surface area contributed by atoms with Gasteiger partial charge in [0.1, 0.15) is 6.10 Å². The predicted octanol–water partition coefficient (Wildman–Crippen LogP) is 2.48. The second-order valence-electron chi connectivity index (χ2n) is 6.09. The van der Waals surface area contributed by atoms with Gasteiger partial charge < -0.3 is 15.2 Å². The van der Waals surface area contributed by atoms with Gasteiger partial charge in [-0.05, 0) is 36.9 Å². The van der Waals surface area contributed by atoms with Crippen molar-refractivity contribution in [1.29, 1.82) is 0 Å². The van der Waals surface area contributed by atoms with E-state index in [1.807, 2.05) is 6.07 Å². The Labute approximate surface area is 113 Å². The zero-order valence-electron chi connectivity index (χ0n) is 11.1. The van der Waals surface area contributed by atoms with Gasteiger partial charge in [-0.1, -0.05) is 25.1 Å². The van der Waals surface area contributed by atoms with Crippen molar-refractivity contribution in [3.05, 3.63) is 35.4 Å². The van der Waals surface area contributed by atoms with E-state index in [0.29, 0.717) is 5.92 Å². The molecule has 2 heterocycles. The van der Waals surface area contributed by atoms with E-state index in [1.54, 1.807) is 6.07 Å². The van der Waals surface area contributed by atoms with Crippen molar-refractivity contribution in [1.82, 2.24) is 5.32 Å². The van der Waals surface area contributed by atoms with E-state index >= 15 is 0 Å². The van der Waals surface area contributed by atoms with Gasteiger partial charge in [0.2, 0.25) is 0 Å². The number of hydrogen-bond acceptors (Lipinski definition) is 3. The summed E-state index contributed by atoms with van der Waals surface area (Å²) in [6.45, 7) is 4.09. The molecule has 1 aliphatic carbocycles. The maximum Gasteiger partial charge on any atom is 0.165 e. The van der Waals surface area contributed by atoms with Gasteiger partial charge in [-0.25, -0.2) is 0 Å². The standard InChI is InChI=1S/C16H19NO2/c1-10-4-5-16-6-7-17-9-11-2-3-12(18)15(14(11)16)19-13(16)8-10/h2-5,10,13,17-18H,6-9H2,1H3. The van der Waals surface area contributed by atoms with E-state index in [2.05, 4.69) is 24.4 Å². The molecule has 3 nitrogen and oxygen atoms in total. The van der Waals surface area contributed by atoms with Gasteiger partial charge in [0.15, 0.2) is 11.5 Å². The van der Waals surface area contributed by atoms with Crippen molar-refractivity contribution in [2.45, 2.75) is 37.8 Å². The Morgan fingerprint density at radius 2 is 2.32 bits per heavy atom. The molecule has 0 bridgehead atoms. The summed E-state index contributed by atoms with van der Waals surface area (Å²) in [6.07, 6.45) is 6.91. The van der Waals surface area contributed by atoms with Gasteiger partial charge in [-0.2, -0.15) is 0 Å². The van der Waals surface area contributed by atoms with Gasteiger partial charge in [-0.3, -0.25) is 0 Å². The zero-order chi connectivity index (χ0) is 13.0. The van der Waals surface area contributed by atoms with Crippen LogP contribution in [-0.4, -0.2) is 17.8 Å². The molecule has 0 radical (unpaired) electrons. The molecule has 19 heavy (non-hydrogen) atoms. The third-order valence-electron chi connectivity index (χ3n) is 4.86. The van der Waals surface area contributed by atoms with Crippen molar-refractivity contribution < 1.29 is 9.84 Å². The lowest BCUT2D eigenvalue weighted by Crippen LogP contribution is -2.41. The molecule has 0 fully saturated rings. The van der Waals surface area contributed by atoms with Crippen LogP contribution in [0.4, 0.5) is 0 Å². The number of phenols is 1. The minimum Gasteiger partial charge on any atom is -0.504 e. The monoisotopic (exact) mass is 257 g/mol. The first-order chi connectivity index (χ1) is 9.21. The number of rotatable bonds is 0. The summed E-state index contributed by atoms with van der Waals surface area (Å²) < 4.78 is 6.15. The van der Waals surface area contributed by atoms with Gasteiger partial charge >= 0.3 is 0 Å². The van der Waals surface area contributed by atoms with Gasteiger partial charge in [0.05, 0.1) is 5.41 Å². The lowest BCUT2D eigenvalue weighted by molar-refractivity contribution is 0.133. The molecule has 1 aromatic carbocycles. The van der Waals surface area contributed by atoms with Crippen LogP contribution in [0, 0.1) is 5.92 Å². The Bertz CT molecular complexity index is 566. The van der Waals surface area contributed by atoms with Crippen LogP contribution >= 0.6 is 0 Å². The fourth-order valence-electron chi connectivity index (χ4n) is 3.89. The number of hydrogen-bond donors (Lipinski definition) is 2. The highest BCUT2D eigenvalue weighted by Gasteiger charge is 2.51. The predicted molar refractivity (Wildman–Crippen MR) is 73.4 cm³/mol. The van der Waals surface area contributed by atoms with Gasteiger partial charge in [0, 0.05) is 12.1 Å². The van der Waals surface area contributed by atoms with E-state index < -0.39 is 0 Å². The summed E-state index contributed by atoms with van der Waals surface area (Å²) in [4.78, 5) is 0. The van der Waals surface area contributed by atoms with Crippen molar-refractivity contribution in [2.24, 2.45) is 5.92 Å². The van der Waals surface area contributed by atoms with Crippen LogP contribution in [0.15, 0.2) is 24.3 Å². The van der Waals surface area contributed by atoms with Crippen LogP contribution in [0.2, 0.25) is 0 Å². The molecule has 3 unspecified atom stereocenters. The lowest BCUT2D eigenvalue weighted by Gasteiger charge is -2.36. The summed E-state index contributed by atoms with van der Waals surface area (Å²) in [6, 6.07) is 3.80. The minimum absolute atomic E-state index is 0.0284. The summed E-state index contributed by atoms with van der Waals surface area (Å²) in [5, 5.41) is 13.6. The van der Waals surface area contributed by atoms with Gasteiger partial charge in [0.25, 0.3) is 0 Å². The van der Waals surface area contributed by atoms with Crippen LogP contribution in [-0.2, 0) is 12.0 Å². The quantitative estimate of drug-likeness (QED) is 0.702. The van der Waals surface area contributed by atoms with Gasteiger partial charge in [-0.15, -0.1) is 0 Å². The van der Waals surface area contributed by atoms with E-state index in [0.717, 1.165) is 31.7 Å². The molecular formula is C16H19NO2. The summed E-state index contributed by atoms with van der Waals surface area (Å²) in [5.74, 6) is 1.56. The number of allylic oxidation sites excluding steroid dienone is 1. The number of nitrogens with one attached hydrogen (secondary N) is 1. The minimum atomic E-state index is -0.0284. The van der Waals surface area contributed by atoms with E-state index in [9.17, 15) is 5.11 Å². The van der Waals surface area contributed by atoms with Crippen LogP contribution in [0.5, 0.6) is 11.5 Å². The third kappa shape index (κ3) is 1.42. The molecule has 0 saturated carbocycles. The summed E-state index contributed by atoms with van der Waals surface area (Å²) >= 11 is 0. The molecule has 1 spiro atoms. The van der Waals surface area contributed by atoms with Crippen molar-refractivity contribution in [2.75, 3.05) is 6.54 Å². The Kier molecular flexibility index (Phi) is 2.25. The largest absolute Gasteiger partial charge is 0.504 e. The zero-order valence-corrected chi connectivity index (χ0v) is 11.1. The highest BCUT2D eigenvalue weighted by atomic mass is 16.5. The molecule has 100 valence electrons. The number of benzene rings is 1. The SMILES string of the molecule is CC1C=CC23CCNCc4ccc(O)c(c42)OC3C1. The van der Waals surface area contributed by atoms with E-state index in [4.69, 9.17) is 4.74 Å². The maximum absolute atomic E-state index is 10.1. The molecule has 0 amide bonds. The first-order valence-corrected chi connectivity index (χ1v) is 7.13. The maximum atomic E-state index is 10.1. The second kappa shape index (κ2) is 3.76. The number of ether oxygens (including phenoxy) is 1. The average molecular weight is 257 g/mol. The molecule has 0 aromatic heterocycles. The summed E-state index contributed by atoms with van der Waals surface area (Å²) in [7, 11) is 0. The molecule has 3 aliphatic rings. The van der Waals surface area contributed by atoms with Crippen LogP contribution in [0.3, 0.4) is 0 Å². The van der Waals surface area contributed by atoms with E-state index in [1.165, 1.54) is 11.1 Å². The first kappa shape index (κ1) is 11.4. The van der Waals surface area contributed by atoms with Crippen LogP contribution in [0.1, 0.15) is 30.9 Å². The Hall–Kier alpha value is -1.48. The Morgan fingerprint density at radius 1 is 1.42 bits per heavy atom. The fraction of sp³-hybridized carbons (Fsp3) is 0.500. The molecule has 3 heteroatoms. The molecule has 1 aromatic rings. The molecule has 3 atom stereocenters. The fourth-order valence-corrected chi connectivity index (χ4v) is 3.89. The number of aromatic hydroxyl groups is 1. The second-order valence-corrected chi connectivity index (χ2v) is 6.09.